The third-order valence-electron chi connectivity index (χ3n) is 6.70. The maximum Gasteiger partial charge on any atom is 0.157 e. The van der Waals surface area contributed by atoms with E-state index in [0.717, 1.165) is 63.2 Å². The van der Waals surface area contributed by atoms with Crippen molar-refractivity contribution in [2.24, 2.45) is 0 Å². The van der Waals surface area contributed by atoms with Gasteiger partial charge in [0.2, 0.25) is 0 Å². The number of unbranched alkanes of at least 4 members (excludes halogenated alkanes) is 3. The molecule has 0 radical (unpaired) electrons. The minimum Gasteiger partial charge on any atom is -0.504 e. The number of phenols is 2. The molecule has 0 amide bonds. The number of hydrogen-bond acceptors (Lipinski definition) is 5. The van der Waals surface area contributed by atoms with Gasteiger partial charge in [-0.05, 0) is 106 Å². The van der Waals surface area contributed by atoms with Crippen molar-refractivity contribution in [2.45, 2.75) is 71.3 Å². The van der Waals surface area contributed by atoms with Gasteiger partial charge in [0.1, 0.15) is 12.4 Å². The molecule has 5 nitrogen and oxygen atoms in total. The van der Waals surface area contributed by atoms with Crippen molar-refractivity contribution >= 4 is 11.6 Å². The van der Waals surface area contributed by atoms with E-state index < -0.39 is 0 Å². The molecule has 0 heterocycles. The summed E-state index contributed by atoms with van der Waals surface area (Å²) in [5.74, 6) is 0.753. The molecule has 0 fully saturated rings. The molecular weight excluding hydrogens is 448 g/mol. The summed E-state index contributed by atoms with van der Waals surface area (Å²) in [5, 5.41) is 23.8. The molecule has 188 valence electrons. The molecule has 0 saturated heterocycles. The maximum absolute atomic E-state index is 9.89. The summed E-state index contributed by atoms with van der Waals surface area (Å²) in [4.78, 5) is 2.64. The first-order chi connectivity index (χ1) is 16.5. The molecule has 1 aliphatic carbocycles. The summed E-state index contributed by atoms with van der Waals surface area (Å²) in [6.07, 6.45) is 9.09. The van der Waals surface area contributed by atoms with Crippen LogP contribution in [0.1, 0.15) is 62.1 Å². The molecule has 2 aromatic rings. The lowest BCUT2D eigenvalue weighted by atomic mass is 9.87. The van der Waals surface area contributed by atoms with Crippen LogP contribution in [0.4, 0.5) is 0 Å². The average molecular weight is 489 g/mol. The van der Waals surface area contributed by atoms with Crippen molar-refractivity contribution in [1.82, 2.24) is 10.2 Å². The topological polar surface area (TPSA) is 65.0 Å². The quantitative estimate of drug-likeness (QED) is 0.229. The first kappa shape index (κ1) is 26.7. The molecule has 0 aromatic heterocycles. The van der Waals surface area contributed by atoms with Crippen molar-refractivity contribution < 1.29 is 14.9 Å². The molecule has 3 N–H and O–H groups in total. The molecule has 3 rings (SSSR count). The maximum atomic E-state index is 9.89. The molecular formula is C28H41ClN2O3. The van der Waals surface area contributed by atoms with Gasteiger partial charge in [0.15, 0.2) is 11.5 Å². The lowest BCUT2D eigenvalue weighted by Crippen LogP contribution is -2.40. The highest BCUT2D eigenvalue weighted by molar-refractivity contribution is 6.32. The molecule has 0 spiro atoms. The van der Waals surface area contributed by atoms with Gasteiger partial charge in [-0.15, -0.1) is 0 Å². The van der Waals surface area contributed by atoms with E-state index in [1.807, 2.05) is 25.1 Å². The Morgan fingerprint density at radius 2 is 1.76 bits per heavy atom. The van der Waals surface area contributed by atoms with Crippen LogP contribution in [-0.2, 0) is 12.8 Å². The lowest BCUT2D eigenvalue weighted by Gasteiger charge is -2.35. The zero-order valence-corrected chi connectivity index (χ0v) is 21.5. The molecule has 0 unspecified atom stereocenters. The second-order valence-electron chi connectivity index (χ2n) is 9.49. The van der Waals surface area contributed by atoms with Crippen LogP contribution < -0.4 is 10.1 Å². The summed E-state index contributed by atoms with van der Waals surface area (Å²) in [6.45, 7) is 8.98. The van der Waals surface area contributed by atoms with Gasteiger partial charge in [0.05, 0.1) is 5.02 Å². The first-order valence-corrected chi connectivity index (χ1v) is 13.2. The van der Waals surface area contributed by atoms with E-state index in [4.69, 9.17) is 16.3 Å². The van der Waals surface area contributed by atoms with Crippen molar-refractivity contribution in [2.75, 3.05) is 32.8 Å². The van der Waals surface area contributed by atoms with E-state index in [1.54, 1.807) is 12.1 Å². The van der Waals surface area contributed by atoms with E-state index in [9.17, 15) is 10.2 Å². The Labute approximate surface area is 210 Å². The highest BCUT2D eigenvalue weighted by Gasteiger charge is 2.24. The zero-order chi connectivity index (χ0) is 24.3. The Balaban J connectivity index is 1.27. The predicted octanol–water partition coefficient (Wildman–Crippen LogP) is 5.86. The normalized spacial score (nSPS) is 15.5. The van der Waals surface area contributed by atoms with Gasteiger partial charge in [-0.2, -0.15) is 0 Å². The van der Waals surface area contributed by atoms with Gasteiger partial charge in [-0.1, -0.05) is 37.4 Å². The van der Waals surface area contributed by atoms with Crippen LogP contribution in [0, 0.1) is 6.92 Å². The number of fused-ring (bicyclic) bond motifs is 1. The van der Waals surface area contributed by atoms with Crippen LogP contribution >= 0.6 is 11.6 Å². The number of hydrogen-bond donors (Lipinski definition) is 3. The van der Waals surface area contributed by atoms with Crippen LogP contribution in [0.3, 0.4) is 0 Å². The first-order valence-electron chi connectivity index (χ1n) is 12.9. The highest BCUT2D eigenvalue weighted by atomic mass is 35.5. The van der Waals surface area contributed by atoms with Gasteiger partial charge >= 0.3 is 0 Å². The summed E-state index contributed by atoms with van der Waals surface area (Å²) in [6, 6.07) is 9.90. The van der Waals surface area contributed by atoms with E-state index in [2.05, 4.69) is 17.1 Å². The summed E-state index contributed by atoms with van der Waals surface area (Å²) in [5.41, 5.74) is 3.51. The molecule has 0 aliphatic heterocycles. The zero-order valence-electron chi connectivity index (χ0n) is 20.8. The fourth-order valence-electron chi connectivity index (χ4n) is 4.84. The van der Waals surface area contributed by atoms with Gasteiger partial charge in [-0.3, -0.25) is 0 Å². The third-order valence-corrected chi connectivity index (χ3v) is 6.99. The van der Waals surface area contributed by atoms with Gasteiger partial charge in [0, 0.05) is 12.6 Å². The summed E-state index contributed by atoms with van der Waals surface area (Å²) in [7, 11) is 0. The molecule has 0 bridgehead atoms. The largest absolute Gasteiger partial charge is 0.504 e. The molecule has 1 aliphatic rings. The number of aryl methyl sites for hydroxylation is 2. The fourth-order valence-corrected chi connectivity index (χ4v) is 5.13. The summed E-state index contributed by atoms with van der Waals surface area (Å²) < 4.78 is 5.75. The van der Waals surface area contributed by atoms with E-state index in [0.29, 0.717) is 17.7 Å². The van der Waals surface area contributed by atoms with Crippen molar-refractivity contribution in [3.63, 3.8) is 0 Å². The SMILES string of the molecule is CCCN(CCCCCCNCCOc1ccc(C)cc1Cl)[C@@H]1CCc2cc(O)c(O)cc2C1. The number of aromatic hydroxyl groups is 2. The Bertz CT molecular complexity index is 905. The molecule has 2 aromatic carbocycles. The van der Waals surface area contributed by atoms with Crippen LogP contribution in [0.5, 0.6) is 17.2 Å². The molecule has 6 heteroatoms. The fraction of sp³-hybridized carbons (Fsp3) is 0.571. The van der Waals surface area contributed by atoms with Gasteiger partial charge in [-0.25, -0.2) is 0 Å². The Morgan fingerprint density at radius 1 is 1.00 bits per heavy atom. The van der Waals surface area contributed by atoms with Crippen molar-refractivity contribution in [1.29, 1.82) is 0 Å². The smallest absolute Gasteiger partial charge is 0.157 e. The number of nitrogens with zero attached hydrogens (tertiary/aromatic N) is 1. The summed E-state index contributed by atoms with van der Waals surface area (Å²) >= 11 is 6.20. The van der Waals surface area contributed by atoms with Crippen LogP contribution in [0.25, 0.3) is 0 Å². The molecule has 34 heavy (non-hydrogen) atoms. The Morgan fingerprint density at radius 3 is 2.53 bits per heavy atom. The van der Waals surface area contributed by atoms with Crippen LogP contribution in [-0.4, -0.2) is 53.9 Å². The highest BCUT2D eigenvalue weighted by Crippen LogP contribution is 2.34. The third kappa shape index (κ3) is 8.07. The second-order valence-corrected chi connectivity index (χ2v) is 9.90. The molecule has 0 saturated carbocycles. The standard InChI is InChI=1S/C28H41ClN2O3/c1-3-14-31(24-10-9-22-19-26(32)27(33)20-23(22)18-24)15-7-5-4-6-12-30-13-16-34-28-11-8-21(2)17-25(28)29/h8,11,17,19-20,24,30,32-33H,3-7,9-10,12-16,18H2,1-2H3/t24-/m1/s1. The lowest BCUT2D eigenvalue weighted by molar-refractivity contribution is 0.175. The number of phenolic OH excluding ortho intramolecular Hbond substituents is 2. The Kier molecular flexibility index (Phi) is 10.8. The van der Waals surface area contributed by atoms with Gasteiger partial charge < -0.3 is 25.2 Å². The number of ether oxygens (including phenoxy) is 1. The number of nitrogens with one attached hydrogen (secondary N) is 1. The van der Waals surface area contributed by atoms with Crippen molar-refractivity contribution in [3.8, 4) is 17.2 Å². The number of benzene rings is 2. The van der Waals surface area contributed by atoms with Crippen LogP contribution in [0.2, 0.25) is 5.02 Å². The monoisotopic (exact) mass is 488 g/mol. The van der Waals surface area contributed by atoms with E-state index in [-0.39, 0.29) is 11.5 Å². The van der Waals surface area contributed by atoms with E-state index >= 15 is 0 Å². The number of rotatable bonds is 14. The molecule has 1 atom stereocenters. The predicted molar refractivity (Wildman–Crippen MR) is 140 cm³/mol. The second kappa shape index (κ2) is 13.8. The van der Waals surface area contributed by atoms with Crippen LogP contribution in [0.15, 0.2) is 30.3 Å². The number of halogens is 1. The minimum absolute atomic E-state index is 0.000272. The van der Waals surface area contributed by atoms with Gasteiger partial charge in [0.25, 0.3) is 0 Å². The van der Waals surface area contributed by atoms with E-state index in [1.165, 1.54) is 36.8 Å². The minimum atomic E-state index is 0.000272. The average Bonchev–Trinajstić information content (AvgIpc) is 2.81. The Hall–Kier alpha value is -1.95. The van der Waals surface area contributed by atoms with Crippen molar-refractivity contribution in [3.05, 3.63) is 52.0 Å².